The first-order valence-electron chi connectivity index (χ1n) is 17.2. The zero-order valence-corrected chi connectivity index (χ0v) is 28.7. The standard InChI is InChI=1S/C46H29N5S/c1-2-11-37(12-3-1)51-40-14-6-5-13-38(40)39-27-35(24-25-41(39)51)46-49-44(32-20-16-30(17-21-32)36-10-8-26-47-29-36)48-45(50-46)33-22-18-31(19-23-33)43-28-34-9-4-7-15-42(34)52-43/h1-29H. The van der Waals surface area contributed by atoms with E-state index >= 15 is 0 Å². The van der Waals surface area contributed by atoms with Crippen LogP contribution in [0.2, 0.25) is 0 Å². The Labute approximate surface area is 304 Å². The van der Waals surface area contributed by atoms with Crippen LogP contribution in [0.4, 0.5) is 0 Å². The van der Waals surface area contributed by atoms with Crippen molar-refractivity contribution in [2.24, 2.45) is 0 Å². The topological polar surface area (TPSA) is 56.5 Å². The normalized spacial score (nSPS) is 11.5. The van der Waals surface area contributed by atoms with Gasteiger partial charge in [0.1, 0.15) is 0 Å². The molecule has 0 aliphatic carbocycles. The molecule has 0 radical (unpaired) electrons. The van der Waals surface area contributed by atoms with Gasteiger partial charge in [-0.25, -0.2) is 15.0 Å². The van der Waals surface area contributed by atoms with Gasteiger partial charge in [0.15, 0.2) is 17.5 Å². The number of pyridine rings is 1. The van der Waals surface area contributed by atoms with Crippen molar-refractivity contribution in [1.82, 2.24) is 24.5 Å². The van der Waals surface area contributed by atoms with E-state index in [-0.39, 0.29) is 0 Å². The van der Waals surface area contributed by atoms with Crippen LogP contribution in [0.5, 0.6) is 0 Å². The van der Waals surface area contributed by atoms with Crippen LogP contribution in [0, 0.1) is 0 Å². The molecule has 6 aromatic carbocycles. The van der Waals surface area contributed by atoms with Crippen LogP contribution in [-0.2, 0) is 0 Å². The first-order chi connectivity index (χ1) is 25.7. The van der Waals surface area contributed by atoms with Gasteiger partial charge in [0.25, 0.3) is 0 Å². The van der Waals surface area contributed by atoms with Gasteiger partial charge in [0, 0.05) is 55.1 Å². The molecule has 4 aromatic heterocycles. The molecule has 4 heterocycles. The second-order valence-electron chi connectivity index (χ2n) is 12.8. The zero-order valence-electron chi connectivity index (χ0n) is 27.9. The van der Waals surface area contributed by atoms with Crippen LogP contribution in [-0.4, -0.2) is 24.5 Å². The Morgan fingerprint density at radius 1 is 0.423 bits per heavy atom. The smallest absolute Gasteiger partial charge is 0.164 e. The molecule has 5 nitrogen and oxygen atoms in total. The number of rotatable bonds is 6. The molecule has 0 saturated carbocycles. The van der Waals surface area contributed by atoms with E-state index < -0.39 is 0 Å². The number of aromatic nitrogens is 5. The van der Waals surface area contributed by atoms with Crippen molar-refractivity contribution in [1.29, 1.82) is 0 Å². The van der Waals surface area contributed by atoms with E-state index in [1.807, 2.05) is 12.3 Å². The molecule has 0 aliphatic rings. The van der Waals surface area contributed by atoms with E-state index in [4.69, 9.17) is 15.0 Å². The summed E-state index contributed by atoms with van der Waals surface area (Å²) in [5, 5.41) is 3.59. The highest BCUT2D eigenvalue weighted by atomic mass is 32.1. The molecule has 0 amide bonds. The molecule has 0 bridgehead atoms. The summed E-state index contributed by atoms with van der Waals surface area (Å²) in [6.07, 6.45) is 3.67. The van der Waals surface area contributed by atoms with Crippen molar-refractivity contribution in [3.63, 3.8) is 0 Å². The number of benzene rings is 6. The van der Waals surface area contributed by atoms with Gasteiger partial charge in [-0.05, 0) is 76.7 Å². The van der Waals surface area contributed by atoms with Gasteiger partial charge in [0.2, 0.25) is 0 Å². The van der Waals surface area contributed by atoms with Crippen molar-refractivity contribution in [3.8, 4) is 61.4 Å². The second kappa shape index (κ2) is 12.5. The van der Waals surface area contributed by atoms with Gasteiger partial charge in [-0.2, -0.15) is 0 Å². The third kappa shape index (κ3) is 5.34. The summed E-state index contributed by atoms with van der Waals surface area (Å²) in [5.41, 5.74) is 9.52. The molecule has 10 rings (SSSR count). The van der Waals surface area contributed by atoms with Crippen molar-refractivity contribution < 1.29 is 0 Å². The number of hydrogen-bond acceptors (Lipinski definition) is 5. The number of hydrogen-bond donors (Lipinski definition) is 0. The summed E-state index contributed by atoms with van der Waals surface area (Å²) < 4.78 is 3.60. The number of thiophene rings is 1. The Kier molecular flexibility index (Phi) is 7.25. The average Bonchev–Trinajstić information content (AvgIpc) is 3.81. The van der Waals surface area contributed by atoms with Crippen molar-refractivity contribution in [2.75, 3.05) is 0 Å². The van der Waals surface area contributed by atoms with Crippen LogP contribution in [0.25, 0.3) is 93.3 Å². The fourth-order valence-electron chi connectivity index (χ4n) is 6.98. The van der Waals surface area contributed by atoms with Crippen LogP contribution < -0.4 is 0 Å². The van der Waals surface area contributed by atoms with E-state index in [1.165, 1.54) is 25.9 Å². The molecule has 0 N–H and O–H groups in total. The first-order valence-corrected chi connectivity index (χ1v) is 18.0. The SMILES string of the molecule is c1ccc(-n2c3ccccc3c3cc(-c4nc(-c5ccc(-c6cccnc6)cc5)nc(-c5ccc(-c6cc7ccccc7s6)cc5)n4)ccc32)cc1. The first kappa shape index (κ1) is 30.1. The summed E-state index contributed by atoms with van der Waals surface area (Å²) >= 11 is 1.81. The maximum absolute atomic E-state index is 5.12. The summed E-state index contributed by atoms with van der Waals surface area (Å²) in [4.78, 5) is 20.8. The van der Waals surface area contributed by atoms with Crippen molar-refractivity contribution in [2.45, 2.75) is 0 Å². The van der Waals surface area contributed by atoms with Crippen molar-refractivity contribution >= 4 is 43.2 Å². The summed E-state index contributed by atoms with van der Waals surface area (Å²) in [7, 11) is 0. The fourth-order valence-corrected chi connectivity index (χ4v) is 8.05. The van der Waals surface area contributed by atoms with Crippen LogP contribution in [0.3, 0.4) is 0 Å². The second-order valence-corrected chi connectivity index (χ2v) is 13.9. The van der Waals surface area contributed by atoms with E-state index in [0.717, 1.165) is 49.9 Å². The van der Waals surface area contributed by atoms with Gasteiger partial charge in [-0.1, -0.05) is 109 Å². The maximum Gasteiger partial charge on any atom is 0.164 e. The molecular weight excluding hydrogens is 655 g/mol. The lowest BCUT2D eigenvalue weighted by Crippen LogP contribution is -2.00. The molecule has 0 aliphatic heterocycles. The minimum absolute atomic E-state index is 0.623. The lowest BCUT2D eigenvalue weighted by molar-refractivity contribution is 1.07. The van der Waals surface area contributed by atoms with Gasteiger partial charge in [-0.15, -0.1) is 11.3 Å². The minimum Gasteiger partial charge on any atom is -0.309 e. The summed E-state index contributed by atoms with van der Waals surface area (Å²) in [6.45, 7) is 0. The monoisotopic (exact) mass is 683 g/mol. The van der Waals surface area contributed by atoms with Gasteiger partial charge < -0.3 is 4.57 Å². The van der Waals surface area contributed by atoms with Gasteiger partial charge in [-0.3, -0.25) is 4.98 Å². The number of fused-ring (bicyclic) bond motifs is 4. The summed E-state index contributed by atoms with van der Waals surface area (Å²) in [6, 6.07) is 57.3. The van der Waals surface area contributed by atoms with Crippen LogP contribution in [0.1, 0.15) is 0 Å². The highest BCUT2D eigenvalue weighted by Crippen LogP contribution is 2.37. The van der Waals surface area contributed by atoms with Crippen LogP contribution in [0.15, 0.2) is 176 Å². The Morgan fingerprint density at radius 3 is 1.77 bits per heavy atom. The summed E-state index contributed by atoms with van der Waals surface area (Å²) in [5.74, 6) is 1.88. The quantitative estimate of drug-likeness (QED) is 0.175. The fraction of sp³-hybridized carbons (Fsp3) is 0. The molecule has 6 heteroatoms. The average molecular weight is 684 g/mol. The molecule has 0 unspecified atom stereocenters. The maximum atomic E-state index is 5.12. The Morgan fingerprint density at radius 2 is 1.04 bits per heavy atom. The van der Waals surface area contributed by atoms with Crippen molar-refractivity contribution in [3.05, 3.63) is 176 Å². The highest BCUT2D eigenvalue weighted by molar-refractivity contribution is 7.22. The van der Waals surface area contributed by atoms with E-state index in [2.05, 4.69) is 167 Å². The molecule has 10 aromatic rings. The Bertz CT molecular complexity index is 2840. The minimum atomic E-state index is 0.623. The van der Waals surface area contributed by atoms with E-state index in [9.17, 15) is 0 Å². The lowest BCUT2D eigenvalue weighted by atomic mass is 10.0. The molecule has 0 saturated heterocycles. The highest BCUT2D eigenvalue weighted by Gasteiger charge is 2.17. The number of nitrogens with zero attached hydrogens (tertiary/aromatic N) is 5. The molecule has 0 spiro atoms. The Balaban J connectivity index is 1.11. The molecule has 244 valence electrons. The van der Waals surface area contributed by atoms with Gasteiger partial charge in [0.05, 0.1) is 11.0 Å². The van der Waals surface area contributed by atoms with Gasteiger partial charge >= 0.3 is 0 Å². The zero-order chi connectivity index (χ0) is 34.4. The third-order valence-corrected chi connectivity index (χ3v) is 10.7. The predicted octanol–water partition coefficient (Wildman–Crippen LogP) is 11.9. The number of para-hydroxylation sites is 2. The molecule has 0 fully saturated rings. The lowest BCUT2D eigenvalue weighted by Gasteiger charge is -2.10. The molecular formula is C46H29N5S. The van der Waals surface area contributed by atoms with Crippen LogP contribution >= 0.6 is 11.3 Å². The third-order valence-electron chi connectivity index (χ3n) is 9.57. The predicted molar refractivity (Wildman–Crippen MR) is 215 cm³/mol. The largest absolute Gasteiger partial charge is 0.309 e. The Hall–Kier alpha value is -6.76. The molecule has 0 atom stereocenters. The van der Waals surface area contributed by atoms with E-state index in [0.29, 0.717) is 17.5 Å². The van der Waals surface area contributed by atoms with E-state index in [1.54, 1.807) is 17.5 Å². The molecule has 52 heavy (non-hydrogen) atoms.